The Morgan fingerprint density at radius 1 is 0.926 bits per heavy atom. The molecule has 27 heavy (non-hydrogen) atoms. The van der Waals surface area contributed by atoms with Crippen LogP contribution in [0, 0.1) is 0 Å². The molecule has 0 unspecified atom stereocenters. The fourth-order valence-corrected chi connectivity index (χ4v) is 2.66. The fourth-order valence-electron chi connectivity index (χ4n) is 2.66. The summed E-state index contributed by atoms with van der Waals surface area (Å²) < 4.78 is 20.9. The molecule has 1 heterocycles. The largest absolute Gasteiger partial charge is 0.496 e. The first kappa shape index (κ1) is 18.4. The van der Waals surface area contributed by atoms with Crippen LogP contribution < -0.4 is 29.6 Å². The lowest BCUT2D eigenvalue weighted by Crippen LogP contribution is -2.35. The third kappa shape index (κ3) is 4.05. The molecule has 2 aromatic rings. The Morgan fingerprint density at radius 2 is 1.56 bits per heavy atom. The van der Waals surface area contributed by atoms with Gasteiger partial charge in [0.2, 0.25) is 6.79 Å². The minimum Gasteiger partial charge on any atom is -0.496 e. The number of amides is 2. The molecule has 0 aliphatic carbocycles. The molecular weight excluding hydrogens is 352 g/mol. The van der Waals surface area contributed by atoms with E-state index in [2.05, 4.69) is 10.6 Å². The maximum absolute atomic E-state index is 12.4. The summed E-state index contributed by atoms with van der Waals surface area (Å²) >= 11 is 0. The molecule has 0 radical (unpaired) electrons. The lowest BCUT2D eigenvalue weighted by Gasteiger charge is -2.13. The average Bonchev–Trinajstić information content (AvgIpc) is 3.17. The number of carbonyl (C=O) groups is 2. The van der Waals surface area contributed by atoms with Crippen molar-refractivity contribution < 1.29 is 28.5 Å². The smallest absolute Gasteiger partial charge is 0.258 e. The van der Waals surface area contributed by atoms with Gasteiger partial charge in [-0.15, -0.1) is 0 Å². The van der Waals surface area contributed by atoms with E-state index in [1.54, 1.807) is 36.4 Å². The molecule has 0 fully saturated rings. The Bertz CT molecular complexity index is 830. The molecule has 3 rings (SSSR count). The van der Waals surface area contributed by atoms with E-state index in [1.807, 2.05) is 0 Å². The highest BCUT2D eigenvalue weighted by molar-refractivity contribution is 5.99. The van der Waals surface area contributed by atoms with Gasteiger partial charge in [0.15, 0.2) is 11.5 Å². The zero-order chi connectivity index (χ0) is 19.2. The van der Waals surface area contributed by atoms with Crippen LogP contribution in [0.3, 0.4) is 0 Å². The Balaban J connectivity index is 1.53. The van der Waals surface area contributed by atoms with Gasteiger partial charge in [0.1, 0.15) is 17.1 Å². The summed E-state index contributed by atoms with van der Waals surface area (Å²) in [7, 11) is 2.97. The van der Waals surface area contributed by atoms with Crippen LogP contribution in [-0.4, -0.2) is 45.9 Å². The first-order valence-corrected chi connectivity index (χ1v) is 8.31. The van der Waals surface area contributed by atoms with Gasteiger partial charge in [-0.3, -0.25) is 9.59 Å². The molecule has 0 spiro atoms. The number of benzene rings is 2. The van der Waals surface area contributed by atoms with Crippen molar-refractivity contribution >= 4 is 11.8 Å². The van der Waals surface area contributed by atoms with Crippen LogP contribution >= 0.6 is 0 Å². The number of ether oxygens (including phenoxy) is 4. The van der Waals surface area contributed by atoms with Crippen LogP contribution in [0.25, 0.3) is 0 Å². The van der Waals surface area contributed by atoms with Crippen molar-refractivity contribution in [2.24, 2.45) is 0 Å². The second kappa shape index (κ2) is 8.31. The Hall–Kier alpha value is -3.42. The van der Waals surface area contributed by atoms with Crippen molar-refractivity contribution in [1.82, 2.24) is 10.6 Å². The maximum atomic E-state index is 12.4. The Kier molecular flexibility index (Phi) is 5.65. The lowest BCUT2D eigenvalue weighted by atomic mass is 10.1. The van der Waals surface area contributed by atoms with Gasteiger partial charge >= 0.3 is 0 Å². The first-order valence-electron chi connectivity index (χ1n) is 8.31. The number of carbonyl (C=O) groups excluding carboxylic acids is 2. The van der Waals surface area contributed by atoms with Gasteiger partial charge in [-0.05, 0) is 30.3 Å². The van der Waals surface area contributed by atoms with Crippen LogP contribution in [0.15, 0.2) is 36.4 Å². The molecule has 142 valence electrons. The van der Waals surface area contributed by atoms with Crippen molar-refractivity contribution in [1.29, 1.82) is 0 Å². The summed E-state index contributed by atoms with van der Waals surface area (Å²) in [5.41, 5.74) is 0.765. The molecule has 2 aromatic carbocycles. The molecule has 8 heteroatoms. The topological polar surface area (TPSA) is 95.1 Å². The van der Waals surface area contributed by atoms with Crippen LogP contribution in [0.5, 0.6) is 23.0 Å². The van der Waals surface area contributed by atoms with Gasteiger partial charge in [0.05, 0.1) is 14.2 Å². The summed E-state index contributed by atoms with van der Waals surface area (Å²) in [6.07, 6.45) is 0. The van der Waals surface area contributed by atoms with Gasteiger partial charge in [-0.1, -0.05) is 6.07 Å². The molecule has 0 atom stereocenters. The molecule has 8 nitrogen and oxygen atoms in total. The van der Waals surface area contributed by atoms with E-state index in [0.29, 0.717) is 34.1 Å². The average molecular weight is 372 g/mol. The third-order valence-corrected chi connectivity index (χ3v) is 3.99. The van der Waals surface area contributed by atoms with Crippen LogP contribution in [0.4, 0.5) is 0 Å². The van der Waals surface area contributed by atoms with Gasteiger partial charge in [0.25, 0.3) is 11.8 Å². The van der Waals surface area contributed by atoms with E-state index in [-0.39, 0.29) is 31.7 Å². The summed E-state index contributed by atoms with van der Waals surface area (Å²) in [4.78, 5) is 24.6. The predicted octanol–water partition coefficient (Wildman–Crippen LogP) is 1.59. The molecule has 0 saturated carbocycles. The van der Waals surface area contributed by atoms with Crippen LogP contribution in [0.2, 0.25) is 0 Å². The monoisotopic (exact) mass is 372 g/mol. The fraction of sp³-hybridized carbons (Fsp3) is 0.263. The second-order valence-electron chi connectivity index (χ2n) is 5.62. The van der Waals surface area contributed by atoms with E-state index in [4.69, 9.17) is 18.9 Å². The number of rotatable bonds is 7. The van der Waals surface area contributed by atoms with E-state index in [1.165, 1.54) is 14.2 Å². The predicted molar refractivity (Wildman–Crippen MR) is 96.8 cm³/mol. The van der Waals surface area contributed by atoms with Gasteiger partial charge < -0.3 is 29.6 Å². The Labute approximate surface area is 156 Å². The molecular formula is C19H20N2O6. The van der Waals surface area contributed by atoms with E-state index >= 15 is 0 Å². The first-order chi connectivity index (χ1) is 13.1. The minimum absolute atomic E-state index is 0.152. The number of hydrogen-bond acceptors (Lipinski definition) is 6. The van der Waals surface area contributed by atoms with Crippen LogP contribution in [0.1, 0.15) is 20.7 Å². The van der Waals surface area contributed by atoms with E-state index in [0.717, 1.165) is 0 Å². The molecule has 0 saturated heterocycles. The van der Waals surface area contributed by atoms with Crippen molar-refractivity contribution in [2.45, 2.75) is 0 Å². The van der Waals surface area contributed by atoms with Gasteiger partial charge in [0, 0.05) is 18.7 Å². The van der Waals surface area contributed by atoms with Crippen molar-refractivity contribution in [3.63, 3.8) is 0 Å². The maximum Gasteiger partial charge on any atom is 0.258 e. The number of nitrogens with one attached hydrogen (secondary N) is 2. The summed E-state index contributed by atoms with van der Waals surface area (Å²) in [5, 5.41) is 5.48. The Morgan fingerprint density at radius 3 is 2.22 bits per heavy atom. The third-order valence-electron chi connectivity index (χ3n) is 3.99. The summed E-state index contributed by atoms with van der Waals surface area (Å²) in [6, 6.07) is 10.1. The van der Waals surface area contributed by atoms with E-state index < -0.39 is 0 Å². The molecule has 0 aromatic heterocycles. The molecule has 2 amide bonds. The SMILES string of the molecule is COc1cccc(OC)c1C(=O)NCCNC(=O)c1ccc2c(c1)OCO2. The normalized spacial score (nSPS) is 11.6. The number of fused-ring (bicyclic) bond motifs is 1. The molecule has 1 aliphatic rings. The zero-order valence-corrected chi connectivity index (χ0v) is 15.0. The van der Waals surface area contributed by atoms with Crippen molar-refractivity contribution in [3.05, 3.63) is 47.5 Å². The lowest BCUT2D eigenvalue weighted by molar-refractivity contribution is 0.0924. The van der Waals surface area contributed by atoms with E-state index in [9.17, 15) is 9.59 Å². The van der Waals surface area contributed by atoms with Crippen molar-refractivity contribution in [3.8, 4) is 23.0 Å². The zero-order valence-electron chi connectivity index (χ0n) is 15.0. The highest BCUT2D eigenvalue weighted by atomic mass is 16.7. The second-order valence-corrected chi connectivity index (χ2v) is 5.62. The molecule has 1 aliphatic heterocycles. The quantitative estimate of drug-likeness (QED) is 0.717. The molecule has 0 bridgehead atoms. The number of methoxy groups -OCH3 is 2. The highest BCUT2D eigenvalue weighted by Crippen LogP contribution is 2.32. The molecule has 2 N–H and O–H groups in total. The standard InChI is InChI=1S/C19H20N2O6/c1-24-14-4-3-5-15(25-2)17(14)19(23)21-9-8-20-18(22)12-6-7-13-16(10-12)27-11-26-13/h3-7,10H,8-9,11H2,1-2H3,(H,20,22)(H,21,23). The van der Waals surface area contributed by atoms with Gasteiger partial charge in [-0.25, -0.2) is 0 Å². The van der Waals surface area contributed by atoms with Crippen molar-refractivity contribution in [2.75, 3.05) is 34.1 Å². The highest BCUT2D eigenvalue weighted by Gasteiger charge is 2.18. The van der Waals surface area contributed by atoms with Gasteiger partial charge in [-0.2, -0.15) is 0 Å². The minimum atomic E-state index is -0.346. The number of hydrogen-bond donors (Lipinski definition) is 2. The summed E-state index contributed by atoms with van der Waals surface area (Å²) in [6.45, 7) is 0.658. The van der Waals surface area contributed by atoms with Crippen LogP contribution in [-0.2, 0) is 0 Å². The summed E-state index contributed by atoms with van der Waals surface area (Å²) in [5.74, 6) is 1.37.